The molecule has 1 aromatic carbocycles. The Balaban J connectivity index is 3.13. The van der Waals surface area contributed by atoms with E-state index < -0.39 is 5.41 Å². The van der Waals surface area contributed by atoms with Gasteiger partial charge in [-0.05, 0) is 6.07 Å². The number of hydrogen-bond acceptors (Lipinski definition) is 4. The van der Waals surface area contributed by atoms with Crippen LogP contribution in [0.3, 0.4) is 0 Å². The minimum absolute atomic E-state index is 0.0172. The SMILES string of the molecule is COc1ccc([C@@H](N)C(C)(C)CO)c(OC)c1. The van der Waals surface area contributed by atoms with Crippen molar-refractivity contribution in [2.45, 2.75) is 19.9 Å². The molecule has 96 valence electrons. The first-order valence-electron chi connectivity index (χ1n) is 5.54. The maximum atomic E-state index is 9.34. The van der Waals surface area contributed by atoms with Gasteiger partial charge in [0, 0.05) is 29.7 Å². The first kappa shape index (κ1) is 13.8. The van der Waals surface area contributed by atoms with Crippen LogP contribution in [-0.2, 0) is 0 Å². The van der Waals surface area contributed by atoms with Gasteiger partial charge in [0.1, 0.15) is 11.5 Å². The monoisotopic (exact) mass is 239 g/mol. The highest BCUT2D eigenvalue weighted by Gasteiger charge is 2.29. The summed E-state index contributed by atoms with van der Waals surface area (Å²) < 4.78 is 10.4. The molecule has 0 aliphatic heterocycles. The lowest BCUT2D eigenvalue weighted by molar-refractivity contribution is 0.131. The standard InChI is InChI=1S/C13H21NO3/c1-13(2,8-15)12(14)10-6-5-9(16-3)7-11(10)17-4/h5-7,12,15H,8,14H2,1-4H3/t12-/m1/s1. The highest BCUT2D eigenvalue weighted by Crippen LogP contribution is 2.37. The van der Waals surface area contributed by atoms with E-state index in [1.165, 1.54) is 0 Å². The Bertz CT molecular complexity index is 377. The van der Waals surface area contributed by atoms with E-state index >= 15 is 0 Å². The Kier molecular flexibility index (Phi) is 4.37. The third-order valence-corrected chi connectivity index (χ3v) is 3.03. The summed E-state index contributed by atoms with van der Waals surface area (Å²) in [5.74, 6) is 1.40. The molecule has 1 aromatic rings. The number of rotatable bonds is 5. The maximum Gasteiger partial charge on any atom is 0.127 e. The summed E-state index contributed by atoms with van der Waals surface area (Å²) in [5, 5.41) is 9.34. The highest BCUT2D eigenvalue weighted by atomic mass is 16.5. The van der Waals surface area contributed by atoms with Crippen molar-refractivity contribution in [3.8, 4) is 11.5 Å². The summed E-state index contributed by atoms with van der Waals surface area (Å²) >= 11 is 0. The molecule has 0 fully saturated rings. The van der Waals surface area contributed by atoms with Gasteiger partial charge in [-0.2, -0.15) is 0 Å². The van der Waals surface area contributed by atoms with Gasteiger partial charge in [-0.15, -0.1) is 0 Å². The number of aliphatic hydroxyl groups is 1. The molecular weight excluding hydrogens is 218 g/mol. The normalized spacial score (nSPS) is 13.3. The second kappa shape index (κ2) is 5.38. The van der Waals surface area contributed by atoms with Gasteiger partial charge in [-0.3, -0.25) is 0 Å². The molecule has 0 amide bonds. The van der Waals surface area contributed by atoms with Crippen molar-refractivity contribution in [1.82, 2.24) is 0 Å². The van der Waals surface area contributed by atoms with E-state index in [-0.39, 0.29) is 12.6 Å². The lowest BCUT2D eigenvalue weighted by atomic mass is 9.81. The Labute approximate surface area is 102 Å². The van der Waals surface area contributed by atoms with Gasteiger partial charge in [-0.25, -0.2) is 0 Å². The predicted molar refractivity (Wildman–Crippen MR) is 67.3 cm³/mol. The zero-order valence-electron chi connectivity index (χ0n) is 10.9. The summed E-state index contributed by atoms with van der Waals surface area (Å²) in [6.45, 7) is 3.85. The van der Waals surface area contributed by atoms with Crippen molar-refractivity contribution in [3.05, 3.63) is 23.8 Å². The van der Waals surface area contributed by atoms with Crippen molar-refractivity contribution < 1.29 is 14.6 Å². The van der Waals surface area contributed by atoms with Crippen LogP contribution in [0.15, 0.2) is 18.2 Å². The number of ether oxygens (including phenoxy) is 2. The third kappa shape index (κ3) is 2.90. The van der Waals surface area contributed by atoms with Gasteiger partial charge < -0.3 is 20.3 Å². The van der Waals surface area contributed by atoms with Crippen LogP contribution in [0.2, 0.25) is 0 Å². The zero-order valence-corrected chi connectivity index (χ0v) is 10.9. The van der Waals surface area contributed by atoms with Crippen molar-refractivity contribution in [3.63, 3.8) is 0 Å². The lowest BCUT2D eigenvalue weighted by Gasteiger charge is -2.30. The molecule has 0 bridgehead atoms. The van der Waals surface area contributed by atoms with Gasteiger partial charge in [0.15, 0.2) is 0 Å². The molecular formula is C13H21NO3. The van der Waals surface area contributed by atoms with Gasteiger partial charge in [-0.1, -0.05) is 19.9 Å². The first-order chi connectivity index (χ1) is 7.96. The smallest absolute Gasteiger partial charge is 0.127 e. The Morgan fingerprint density at radius 2 is 1.94 bits per heavy atom. The van der Waals surface area contributed by atoms with Gasteiger partial charge in [0.05, 0.1) is 14.2 Å². The minimum Gasteiger partial charge on any atom is -0.497 e. The van der Waals surface area contributed by atoms with Crippen LogP contribution in [0.25, 0.3) is 0 Å². The Morgan fingerprint density at radius 3 is 2.41 bits per heavy atom. The molecule has 17 heavy (non-hydrogen) atoms. The fourth-order valence-electron chi connectivity index (χ4n) is 1.59. The topological polar surface area (TPSA) is 64.7 Å². The number of benzene rings is 1. The van der Waals surface area contributed by atoms with Crippen LogP contribution in [0.1, 0.15) is 25.5 Å². The largest absolute Gasteiger partial charge is 0.497 e. The molecule has 0 radical (unpaired) electrons. The average molecular weight is 239 g/mol. The third-order valence-electron chi connectivity index (χ3n) is 3.03. The molecule has 4 nitrogen and oxygen atoms in total. The second-order valence-corrected chi connectivity index (χ2v) is 4.73. The van der Waals surface area contributed by atoms with Crippen molar-refractivity contribution >= 4 is 0 Å². The molecule has 0 spiro atoms. The lowest BCUT2D eigenvalue weighted by Crippen LogP contribution is -2.32. The summed E-state index contributed by atoms with van der Waals surface area (Å²) in [5.41, 5.74) is 6.64. The van der Waals surface area contributed by atoms with Crippen LogP contribution in [0.5, 0.6) is 11.5 Å². The Morgan fingerprint density at radius 1 is 1.29 bits per heavy atom. The van der Waals surface area contributed by atoms with E-state index in [0.717, 1.165) is 11.3 Å². The molecule has 1 rings (SSSR count). The number of hydrogen-bond donors (Lipinski definition) is 2. The summed E-state index contributed by atoms with van der Waals surface area (Å²) in [4.78, 5) is 0. The molecule has 3 N–H and O–H groups in total. The summed E-state index contributed by atoms with van der Waals surface area (Å²) in [7, 11) is 3.20. The van der Waals surface area contributed by atoms with Crippen molar-refractivity contribution in [1.29, 1.82) is 0 Å². The van der Waals surface area contributed by atoms with E-state index in [4.69, 9.17) is 15.2 Å². The molecule has 0 unspecified atom stereocenters. The van der Waals surface area contributed by atoms with Crippen LogP contribution < -0.4 is 15.2 Å². The van der Waals surface area contributed by atoms with Crippen molar-refractivity contribution in [2.24, 2.45) is 11.1 Å². The fraction of sp³-hybridized carbons (Fsp3) is 0.538. The molecule has 0 aliphatic rings. The molecule has 0 aromatic heterocycles. The van der Waals surface area contributed by atoms with E-state index in [1.807, 2.05) is 26.0 Å². The van der Waals surface area contributed by atoms with Crippen molar-refractivity contribution in [2.75, 3.05) is 20.8 Å². The van der Waals surface area contributed by atoms with Crippen LogP contribution in [0, 0.1) is 5.41 Å². The average Bonchev–Trinajstić information content (AvgIpc) is 2.36. The molecule has 0 saturated carbocycles. The fourth-order valence-corrected chi connectivity index (χ4v) is 1.59. The minimum atomic E-state index is -0.401. The van der Waals surface area contributed by atoms with Crippen LogP contribution in [0.4, 0.5) is 0 Å². The summed E-state index contributed by atoms with van der Waals surface area (Å²) in [6, 6.07) is 5.21. The van der Waals surface area contributed by atoms with E-state index in [9.17, 15) is 5.11 Å². The van der Waals surface area contributed by atoms with E-state index in [2.05, 4.69) is 0 Å². The number of aliphatic hydroxyl groups excluding tert-OH is 1. The zero-order chi connectivity index (χ0) is 13.1. The number of methoxy groups -OCH3 is 2. The first-order valence-corrected chi connectivity index (χ1v) is 5.54. The predicted octanol–water partition coefficient (Wildman–Crippen LogP) is 1.72. The van der Waals surface area contributed by atoms with Gasteiger partial charge >= 0.3 is 0 Å². The molecule has 1 atom stereocenters. The molecule has 0 aliphatic carbocycles. The second-order valence-electron chi connectivity index (χ2n) is 4.73. The summed E-state index contributed by atoms with van der Waals surface area (Å²) in [6.07, 6.45) is 0. The molecule has 4 heteroatoms. The molecule has 0 saturated heterocycles. The molecule has 0 heterocycles. The quantitative estimate of drug-likeness (QED) is 0.821. The van der Waals surface area contributed by atoms with Crippen LogP contribution in [-0.4, -0.2) is 25.9 Å². The number of nitrogens with two attached hydrogens (primary N) is 1. The van der Waals surface area contributed by atoms with Crippen LogP contribution >= 0.6 is 0 Å². The van der Waals surface area contributed by atoms with E-state index in [1.54, 1.807) is 20.3 Å². The van der Waals surface area contributed by atoms with Gasteiger partial charge in [0.25, 0.3) is 0 Å². The van der Waals surface area contributed by atoms with E-state index in [0.29, 0.717) is 5.75 Å². The highest BCUT2D eigenvalue weighted by molar-refractivity contribution is 5.43. The van der Waals surface area contributed by atoms with Gasteiger partial charge in [0.2, 0.25) is 0 Å². The maximum absolute atomic E-state index is 9.34. The Hall–Kier alpha value is -1.26.